The van der Waals surface area contributed by atoms with Crippen LogP contribution in [-0.2, 0) is 0 Å². The highest BCUT2D eigenvalue weighted by atomic mass is 79.9. The van der Waals surface area contributed by atoms with E-state index >= 15 is 0 Å². The molecule has 0 saturated heterocycles. The van der Waals surface area contributed by atoms with E-state index in [9.17, 15) is 15.4 Å². The maximum Gasteiger partial charge on any atom is 0.269 e. The number of nitriles is 1. The van der Waals surface area contributed by atoms with E-state index in [1.54, 1.807) is 25.3 Å². The quantitative estimate of drug-likeness (QED) is 0.285. The molecule has 2 aromatic carbocycles. The fourth-order valence-corrected chi connectivity index (χ4v) is 3.51. The summed E-state index contributed by atoms with van der Waals surface area (Å²) in [7, 11) is 1.57. The molecule has 0 bridgehead atoms. The Morgan fingerprint density at radius 2 is 1.83 bits per heavy atom. The van der Waals surface area contributed by atoms with E-state index in [0.717, 1.165) is 14.5 Å². The van der Waals surface area contributed by atoms with Gasteiger partial charge in [-0.1, -0.05) is 0 Å². The molecule has 0 saturated carbocycles. The van der Waals surface area contributed by atoms with Gasteiger partial charge in [-0.3, -0.25) is 10.1 Å². The zero-order valence-electron chi connectivity index (χ0n) is 11.9. The Kier molecular flexibility index (Phi) is 5.53. The number of non-ortho nitro benzene ring substituents is 1. The van der Waals surface area contributed by atoms with Gasteiger partial charge in [0.05, 0.1) is 32.6 Å². The first-order valence-corrected chi connectivity index (χ1v) is 7.94. The summed E-state index contributed by atoms with van der Waals surface area (Å²) >= 11 is 6.82. The van der Waals surface area contributed by atoms with Crippen molar-refractivity contribution in [3.05, 3.63) is 66.6 Å². The van der Waals surface area contributed by atoms with Gasteiger partial charge in [-0.25, -0.2) is 0 Å². The number of rotatable bonds is 4. The molecular formula is C16H10Br2N2O3. The maximum absolute atomic E-state index is 10.7. The van der Waals surface area contributed by atoms with Crippen LogP contribution in [0, 0.1) is 21.4 Å². The van der Waals surface area contributed by atoms with Gasteiger partial charge in [0.2, 0.25) is 0 Å². The first-order valence-electron chi connectivity index (χ1n) is 6.36. The molecule has 0 atom stereocenters. The molecule has 0 heterocycles. The standard InChI is InChI=1S/C16H10Br2N2O3/c1-23-16-14(17)7-10(8-15(16)18)6-12(9-19)11-2-4-13(5-3-11)20(21)22/h2-8H,1H3/b12-6+. The molecule has 2 rings (SSSR count). The third-order valence-corrected chi connectivity index (χ3v) is 4.22. The minimum atomic E-state index is -0.475. The van der Waals surface area contributed by atoms with Gasteiger partial charge in [-0.05, 0) is 73.3 Å². The van der Waals surface area contributed by atoms with Crippen LogP contribution in [0.2, 0.25) is 0 Å². The minimum absolute atomic E-state index is 0.0130. The zero-order valence-corrected chi connectivity index (χ0v) is 15.1. The van der Waals surface area contributed by atoms with Crippen molar-refractivity contribution < 1.29 is 9.66 Å². The first kappa shape index (κ1) is 17.2. The molecule has 5 nitrogen and oxygen atoms in total. The minimum Gasteiger partial charge on any atom is -0.494 e. The predicted molar refractivity (Wildman–Crippen MR) is 95.0 cm³/mol. The van der Waals surface area contributed by atoms with Crippen molar-refractivity contribution in [3.63, 3.8) is 0 Å². The summed E-state index contributed by atoms with van der Waals surface area (Å²) in [6.45, 7) is 0. The second-order valence-electron chi connectivity index (χ2n) is 4.49. The Morgan fingerprint density at radius 1 is 1.26 bits per heavy atom. The van der Waals surface area contributed by atoms with Crippen LogP contribution in [-0.4, -0.2) is 12.0 Å². The highest BCUT2D eigenvalue weighted by molar-refractivity contribution is 9.11. The molecule has 0 spiro atoms. The summed E-state index contributed by atoms with van der Waals surface area (Å²) in [4.78, 5) is 10.2. The van der Waals surface area contributed by atoms with Gasteiger partial charge < -0.3 is 4.74 Å². The summed E-state index contributed by atoms with van der Waals surface area (Å²) < 4.78 is 6.74. The van der Waals surface area contributed by atoms with Crippen molar-refractivity contribution in [3.8, 4) is 11.8 Å². The van der Waals surface area contributed by atoms with Crippen molar-refractivity contribution in [1.29, 1.82) is 5.26 Å². The number of hydrogen-bond donors (Lipinski definition) is 0. The third kappa shape index (κ3) is 3.97. The molecule has 0 aliphatic rings. The van der Waals surface area contributed by atoms with E-state index in [0.29, 0.717) is 16.9 Å². The second-order valence-corrected chi connectivity index (χ2v) is 6.20. The van der Waals surface area contributed by atoms with Gasteiger partial charge in [0.1, 0.15) is 5.75 Å². The Balaban J connectivity index is 2.43. The van der Waals surface area contributed by atoms with Gasteiger partial charge in [-0.15, -0.1) is 0 Å². The van der Waals surface area contributed by atoms with Gasteiger partial charge in [0.25, 0.3) is 5.69 Å². The summed E-state index contributed by atoms with van der Waals surface area (Å²) in [5, 5.41) is 20.0. The summed E-state index contributed by atoms with van der Waals surface area (Å²) in [5.74, 6) is 0.663. The number of nitro groups is 1. The highest BCUT2D eigenvalue weighted by Gasteiger charge is 2.10. The van der Waals surface area contributed by atoms with Crippen molar-refractivity contribution >= 4 is 49.2 Å². The molecule has 23 heavy (non-hydrogen) atoms. The maximum atomic E-state index is 10.7. The van der Waals surface area contributed by atoms with Crippen LogP contribution in [0.1, 0.15) is 11.1 Å². The number of nitro benzene ring substituents is 1. The predicted octanol–water partition coefficient (Wildman–Crippen LogP) is 5.19. The molecule has 0 aliphatic carbocycles. The largest absolute Gasteiger partial charge is 0.494 e. The topological polar surface area (TPSA) is 76.2 Å². The van der Waals surface area contributed by atoms with E-state index in [2.05, 4.69) is 37.9 Å². The molecule has 0 aliphatic heterocycles. The first-order chi connectivity index (χ1) is 11.0. The fraction of sp³-hybridized carbons (Fsp3) is 0.0625. The van der Waals surface area contributed by atoms with E-state index in [4.69, 9.17) is 4.74 Å². The molecule has 0 amide bonds. The van der Waals surface area contributed by atoms with Crippen molar-refractivity contribution in [2.24, 2.45) is 0 Å². The number of allylic oxidation sites excluding steroid dienone is 1. The SMILES string of the molecule is COc1c(Br)cc(/C=C(\C#N)c2ccc([N+](=O)[O-])cc2)cc1Br. The van der Waals surface area contributed by atoms with E-state index in [1.807, 2.05) is 12.1 Å². The Bertz CT molecular complexity index is 801. The van der Waals surface area contributed by atoms with Crippen LogP contribution < -0.4 is 4.74 Å². The number of halogens is 2. The molecule has 0 N–H and O–H groups in total. The molecule has 0 unspecified atom stereocenters. The van der Waals surface area contributed by atoms with E-state index in [-0.39, 0.29) is 5.69 Å². The number of nitrogens with zero attached hydrogens (tertiary/aromatic N) is 2. The van der Waals surface area contributed by atoms with Gasteiger partial charge >= 0.3 is 0 Å². The average Bonchev–Trinajstić information content (AvgIpc) is 2.52. The van der Waals surface area contributed by atoms with Crippen LogP contribution in [0.4, 0.5) is 5.69 Å². The van der Waals surface area contributed by atoms with Gasteiger partial charge in [0, 0.05) is 12.1 Å². The number of benzene rings is 2. The van der Waals surface area contributed by atoms with Crippen LogP contribution in [0.25, 0.3) is 11.6 Å². The Morgan fingerprint density at radius 3 is 2.26 bits per heavy atom. The summed E-state index contributed by atoms with van der Waals surface area (Å²) in [5.41, 5.74) is 1.80. The summed E-state index contributed by atoms with van der Waals surface area (Å²) in [6.07, 6.45) is 1.70. The number of methoxy groups -OCH3 is 1. The Hall–Kier alpha value is -2.17. The molecule has 7 heteroatoms. The average molecular weight is 438 g/mol. The molecule has 2 aromatic rings. The van der Waals surface area contributed by atoms with Crippen LogP contribution in [0.3, 0.4) is 0 Å². The van der Waals surface area contributed by atoms with Gasteiger partial charge in [-0.2, -0.15) is 5.26 Å². The van der Waals surface area contributed by atoms with Crippen molar-refractivity contribution in [2.45, 2.75) is 0 Å². The number of ether oxygens (including phenoxy) is 1. The summed E-state index contributed by atoms with van der Waals surface area (Å²) in [6, 6.07) is 11.6. The van der Waals surface area contributed by atoms with Crippen LogP contribution >= 0.6 is 31.9 Å². The zero-order chi connectivity index (χ0) is 17.0. The Labute approximate surface area is 149 Å². The lowest BCUT2D eigenvalue weighted by atomic mass is 10.0. The van der Waals surface area contributed by atoms with Gasteiger partial charge in [0.15, 0.2) is 0 Å². The van der Waals surface area contributed by atoms with E-state index < -0.39 is 4.92 Å². The third-order valence-electron chi connectivity index (χ3n) is 3.05. The highest BCUT2D eigenvalue weighted by Crippen LogP contribution is 2.35. The van der Waals surface area contributed by atoms with Crippen molar-refractivity contribution in [1.82, 2.24) is 0 Å². The smallest absolute Gasteiger partial charge is 0.269 e. The lowest BCUT2D eigenvalue weighted by Crippen LogP contribution is -1.89. The molecule has 0 radical (unpaired) electrons. The fourth-order valence-electron chi connectivity index (χ4n) is 1.97. The van der Waals surface area contributed by atoms with Crippen molar-refractivity contribution in [2.75, 3.05) is 7.11 Å². The number of hydrogen-bond acceptors (Lipinski definition) is 4. The van der Waals surface area contributed by atoms with Crippen LogP contribution in [0.5, 0.6) is 5.75 Å². The van der Waals surface area contributed by atoms with Crippen LogP contribution in [0.15, 0.2) is 45.3 Å². The molecule has 0 fully saturated rings. The molecule has 116 valence electrons. The second kappa shape index (κ2) is 7.40. The lowest BCUT2D eigenvalue weighted by Gasteiger charge is -2.07. The van der Waals surface area contributed by atoms with E-state index in [1.165, 1.54) is 12.1 Å². The lowest BCUT2D eigenvalue weighted by molar-refractivity contribution is -0.384. The molecule has 0 aromatic heterocycles. The normalized spacial score (nSPS) is 11.0. The molecular weight excluding hydrogens is 428 g/mol. The monoisotopic (exact) mass is 436 g/mol.